The first-order valence-corrected chi connectivity index (χ1v) is 10.1. The van der Waals surface area contributed by atoms with E-state index in [4.69, 9.17) is 0 Å². The molecule has 0 aliphatic carbocycles. The molecule has 0 aliphatic heterocycles. The summed E-state index contributed by atoms with van der Waals surface area (Å²) in [7, 11) is 0. The van der Waals surface area contributed by atoms with Gasteiger partial charge in [0, 0.05) is 12.4 Å². The third-order valence-electron chi connectivity index (χ3n) is 5.32. The fourth-order valence-electron chi connectivity index (χ4n) is 3.82. The number of aromatic nitrogens is 6. The molecule has 0 saturated carbocycles. The predicted molar refractivity (Wildman–Crippen MR) is 121 cm³/mol. The van der Waals surface area contributed by atoms with Crippen molar-refractivity contribution >= 4 is 22.1 Å². The molecular formula is C25H18N6. The number of pyridine rings is 2. The van der Waals surface area contributed by atoms with Crippen molar-refractivity contribution in [3.05, 3.63) is 96.3 Å². The topological polar surface area (TPSA) is 83.1 Å². The standard InChI is InChI=1S/C25H18N6/c1-3-11-26-20(5-1)24-28-18-9-7-16(14-22(18)30-24)13-17-8-10-19-23(15-17)31-25(29-19)21-6-2-4-12-27-21/h1-12,14-15H,13H2,(H,28,30)(H,29,31). The number of H-pyrrole nitrogens is 2. The molecule has 6 heteroatoms. The van der Waals surface area contributed by atoms with Crippen molar-refractivity contribution in [1.82, 2.24) is 29.9 Å². The van der Waals surface area contributed by atoms with Crippen LogP contribution < -0.4 is 0 Å². The maximum atomic E-state index is 4.67. The molecule has 4 aromatic heterocycles. The molecule has 2 aromatic carbocycles. The molecule has 0 spiro atoms. The lowest BCUT2D eigenvalue weighted by molar-refractivity contribution is 1.20. The van der Waals surface area contributed by atoms with E-state index in [1.54, 1.807) is 12.4 Å². The van der Waals surface area contributed by atoms with Gasteiger partial charge in [0.1, 0.15) is 11.4 Å². The van der Waals surface area contributed by atoms with E-state index in [1.807, 2.05) is 36.4 Å². The zero-order chi connectivity index (χ0) is 20.6. The average molecular weight is 402 g/mol. The van der Waals surface area contributed by atoms with Gasteiger partial charge in [0.15, 0.2) is 11.6 Å². The summed E-state index contributed by atoms with van der Waals surface area (Å²) >= 11 is 0. The summed E-state index contributed by atoms with van der Waals surface area (Å²) in [6.45, 7) is 0. The van der Waals surface area contributed by atoms with Gasteiger partial charge in [-0.25, -0.2) is 9.97 Å². The lowest BCUT2D eigenvalue weighted by Crippen LogP contribution is -1.88. The van der Waals surface area contributed by atoms with Crippen molar-refractivity contribution < 1.29 is 0 Å². The van der Waals surface area contributed by atoms with Crippen LogP contribution in [0.4, 0.5) is 0 Å². The van der Waals surface area contributed by atoms with E-state index in [0.717, 1.165) is 51.5 Å². The smallest absolute Gasteiger partial charge is 0.157 e. The molecule has 31 heavy (non-hydrogen) atoms. The highest BCUT2D eigenvalue weighted by Gasteiger charge is 2.09. The molecule has 0 amide bonds. The molecule has 6 nitrogen and oxygen atoms in total. The largest absolute Gasteiger partial charge is 0.337 e. The van der Waals surface area contributed by atoms with Gasteiger partial charge >= 0.3 is 0 Å². The summed E-state index contributed by atoms with van der Waals surface area (Å²) in [4.78, 5) is 24.9. The number of fused-ring (bicyclic) bond motifs is 2. The van der Waals surface area contributed by atoms with Crippen LogP contribution in [0, 0.1) is 0 Å². The number of rotatable bonds is 4. The highest BCUT2D eigenvalue weighted by Crippen LogP contribution is 2.23. The monoisotopic (exact) mass is 402 g/mol. The Bertz CT molecular complexity index is 1380. The number of imidazole rings is 2. The molecule has 2 N–H and O–H groups in total. The summed E-state index contributed by atoms with van der Waals surface area (Å²) < 4.78 is 0. The lowest BCUT2D eigenvalue weighted by Gasteiger charge is -2.02. The van der Waals surface area contributed by atoms with Gasteiger partial charge in [0.2, 0.25) is 0 Å². The summed E-state index contributed by atoms with van der Waals surface area (Å²) in [5.74, 6) is 1.57. The Balaban J connectivity index is 1.30. The van der Waals surface area contributed by atoms with E-state index in [0.29, 0.717) is 0 Å². The van der Waals surface area contributed by atoms with Crippen molar-refractivity contribution in [1.29, 1.82) is 0 Å². The minimum absolute atomic E-state index is 0.786. The average Bonchev–Trinajstić information content (AvgIpc) is 3.44. The van der Waals surface area contributed by atoms with E-state index in [-0.39, 0.29) is 0 Å². The fraction of sp³-hybridized carbons (Fsp3) is 0.0400. The quantitative estimate of drug-likeness (QED) is 0.427. The molecule has 0 fully saturated rings. The van der Waals surface area contributed by atoms with Gasteiger partial charge in [-0.05, 0) is 66.1 Å². The van der Waals surface area contributed by atoms with Gasteiger partial charge in [-0.1, -0.05) is 24.3 Å². The molecule has 148 valence electrons. The number of nitrogens with one attached hydrogen (secondary N) is 2. The van der Waals surface area contributed by atoms with Gasteiger partial charge in [-0.2, -0.15) is 0 Å². The van der Waals surface area contributed by atoms with Crippen LogP contribution in [0.15, 0.2) is 85.2 Å². The second-order valence-corrected chi connectivity index (χ2v) is 7.48. The summed E-state index contributed by atoms with van der Waals surface area (Å²) in [5.41, 5.74) is 8.01. The molecular weight excluding hydrogens is 384 g/mol. The maximum Gasteiger partial charge on any atom is 0.157 e. The highest BCUT2D eigenvalue weighted by molar-refractivity contribution is 5.81. The first kappa shape index (κ1) is 17.5. The molecule has 6 rings (SSSR count). The van der Waals surface area contributed by atoms with Gasteiger partial charge in [0.05, 0.1) is 22.1 Å². The van der Waals surface area contributed by atoms with Crippen LogP contribution in [0.5, 0.6) is 0 Å². The number of hydrogen-bond donors (Lipinski definition) is 2. The molecule has 6 aromatic rings. The number of nitrogens with zero attached hydrogens (tertiary/aromatic N) is 4. The fourth-order valence-corrected chi connectivity index (χ4v) is 3.82. The second kappa shape index (κ2) is 7.18. The van der Waals surface area contributed by atoms with Gasteiger partial charge in [-0.15, -0.1) is 0 Å². The third-order valence-corrected chi connectivity index (χ3v) is 5.32. The highest BCUT2D eigenvalue weighted by atomic mass is 15.0. The Hall–Kier alpha value is -4.32. The van der Waals surface area contributed by atoms with Crippen LogP contribution in [0.25, 0.3) is 45.1 Å². The van der Waals surface area contributed by atoms with Crippen LogP contribution in [-0.4, -0.2) is 29.9 Å². The Kier molecular flexibility index (Phi) is 4.06. The first-order valence-electron chi connectivity index (χ1n) is 10.1. The SMILES string of the molecule is c1ccc(-c2nc3ccc(Cc4ccc5nc(-c6ccccn6)[nH]c5c4)cc3[nH]2)nc1. The Morgan fingerprint density at radius 1 is 0.581 bits per heavy atom. The van der Waals surface area contributed by atoms with E-state index < -0.39 is 0 Å². The Morgan fingerprint density at radius 2 is 1.10 bits per heavy atom. The maximum absolute atomic E-state index is 4.67. The lowest BCUT2D eigenvalue weighted by atomic mass is 10.0. The second-order valence-electron chi connectivity index (χ2n) is 7.48. The van der Waals surface area contributed by atoms with E-state index in [1.165, 1.54) is 11.1 Å². The molecule has 0 unspecified atom stereocenters. The molecule has 0 atom stereocenters. The summed E-state index contributed by atoms with van der Waals surface area (Å²) in [5, 5.41) is 0. The zero-order valence-electron chi connectivity index (χ0n) is 16.6. The first-order chi connectivity index (χ1) is 15.3. The molecule has 0 aliphatic rings. The number of benzene rings is 2. The van der Waals surface area contributed by atoms with E-state index in [9.17, 15) is 0 Å². The van der Waals surface area contributed by atoms with Gasteiger partial charge < -0.3 is 9.97 Å². The van der Waals surface area contributed by atoms with Crippen LogP contribution in [0.2, 0.25) is 0 Å². The van der Waals surface area contributed by atoms with Crippen molar-refractivity contribution in [2.75, 3.05) is 0 Å². The minimum Gasteiger partial charge on any atom is -0.337 e. The van der Waals surface area contributed by atoms with Gasteiger partial charge in [0.25, 0.3) is 0 Å². The molecule has 4 heterocycles. The van der Waals surface area contributed by atoms with Crippen molar-refractivity contribution in [3.8, 4) is 23.0 Å². The van der Waals surface area contributed by atoms with E-state index in [2.05, 4.69) is 66.3 Å². The van der Waals surface area contributed by atoms with Crippen LogP contribution in [0.3, 0.4) is 0 Å². The molecule has 0 saturated heterocycles. The van der Waals surface area contributed by atoms with E-state index >= 15 is 0 Å². The number of hydrogen-bond acceptors (Lipinski definition) is 4. The van der Waals surface area contributed by atoms with Crippen LogP contribution in [-0.2, 0) is 6.42 Å². The Morgan fingerprint density at radius 3 is 1.55 bits per heavy atom. The van der Waals surface area contributed by atoms with Crippen molar-refractivity contribution in [2.24, 2.45) is 0 Å². The molecule has 0 radical (unpaired) electrons. The van der Waals surface area contributed by atoms with Gasteiger partial charge in [-0.3, -0.25) is 9.97 Å². The molecule has 0 bridgehead atoms. The predicted octanol–water partition coefficient (Wildman–Crippen LogP) is 5.15. The van der Waals surface area contributed by atoms with Crippen LogP contribution in [0.1, 0.15) is 11.1 Å². The van der Waals surface area contributed by atoms with Crippen LogP contribution >= 0.6 is 0 Å². The summed E-state index contributed by atoms with van der Waals surface area (Å²) in [6, 6.07) is 24.3. The number of aromatic amines is 2. The third kappa shape index (κ3) is 3.34. The Labute approximate surface area is 178 Å². The normalized spacial score (nSPS) is 11.4. The summed E-state index contributed by atoms with van der Waals surface area (Å²) in [6.07, 6.45) is 4.37. The van der Waals surface area contributed by atoms with Crippen molar-refractivity contribution in [2.45, 2.75) is 6.42 Å². The van der Waals surface area contributed by atoms with Crippen molar-refractivity contribution in [3.63, 3.8) is 0 Å². The minimum atomic E-state index is 0.786. The zero-order valence-corrected chi connectivity index (χ0v) is 16.6.